The summed E-state index contributed by atoms with van der Waals surface area (Å²) in [7, 11) is 0. The number of phenolic OH excluding ortho intramolecular Hbond substituents is 1. The monoisotopic (exact) mass is 522 g/mol. The van der Waals surface area contributed by atoms with Crippen LogP contribution in [0.25, 0.3) is 0 Å². The van der Waals surface area contributed by atoms with Gasteiger partial charge in [0.25, 0.3) is 28.9 Å². The predicted molar refractivity (Wildman–Crippen MR) is 132 cm³/mol. The number of carbonyl (C=O) groups is 2. The van der Waals surface area contributed by atoms with Crippen LogP contribution >= 0.6 is 0 Å². The number of aromatic hydroxyl groups is 1. The third-order valence-electron chi connectivity index (χ3n) is 5.08. The highest BCUT2D eigenvalue weighted by Crippen LogP contribution is 2.23. The van der Waals surface area contributed by atoms with Crippen molar-refractivity contribution in [2.45, 2.75) is 12.5 Å². The van der Waals surface area contributed by atoms with Crippen molar-refractivity contribution < 1.29 is 29.5 Å². The molecule has 0 aliphatic rings. The Morgan fingerprint density at radius 1 is 0.842 bits per heavy atom. The van der Waals surface area contributed by atoms with Crippen LogP contribution in [-0.4, -0.2) is 43.9 Å². The first kappa shape index (κ1) is 26.9. The van der Waals surface area contributed by atoms with E-state index in [9.17, 15) is 45.0 Å². The van der Waals surface area contributed by atoms with Crippen molar-refractivity contribution in [3.8, 4) is 5.75 Å². The maximum absolute atomic E-state index is 12.9. The summed E-state index contributed by atoms with van der Waals surface area (Å²) in [5, 5.41) is 48.7. The minimum atomic E-state index is -1.29. The highest BCUT2D eigenvalue weighted by atomic mass is 16.6. The summed E-state index contributed by atoms with van der Waals surface area (Å²) >= 11 is 0. The zero-order valence-electron chi connectivity index (χ0n) is 19.2. The van der Waals surface area contributed by atoms with Gasteiger partial charge in [-0.2, -0.15) is 5.10 Å². The number of hydrazone groups is 1. The first-order valence-electron chi connectivity index (χ1n) is 10.6. The number of phenols is 1. The number of rotatable bonds is 10. The first-order valence-corrected chi connectivity index (χ1v) is 10.6. The zero-order chi connectivity index (χ0) is 27.8. The molecule has 3 N–H and O–H groups in total. The van der Waals surface area contributed by atoms with Crippen LogP contribution in [0, 0.1) is 30.3 Å². The highest BCUT2D eigenvalue weighted by Gasteiger charge is 2.25. The first-order chi connectivity index (χ1) is 18.0. The molecule has 0 radical (unpaired) electrons. The summed E-state index contributed by atoms with van der Waals surface area (Å²) in [5.74, 6) is -1.82. The van der Waals surface area contributed by atoms with Gasteiger partial charge in [0, 0.05) is 30.7 Å². The van der Waals surface area contributed by atoms with Crippen molar-refractivity contribution in [2.24, 2.45) is 5.10 Å². The molecule has 3 rings (SSSR count). The molecule has 15 nitrogen and oxygen atoms in total. The molecule has 3 aromatic rings. The smallest absolute Gasteiger partial charge is 0.277 e. The summed E-state index contributed by atoms with van der Waals surface area (Å²) in [6.07, 6.45) is 1.12. The Bertz CT molecular complexity index is 1390. The van der Waals surface area contributed by atoms with Crippen molar-refractivity contribution in [1.82, 2.24) is 10.7 Å². The van der Waals surface area contributed by atoms with E-state index in [2.05, 4.69) is 15.8 Å². The minimum Gasteiger partial charge on any atom is -0.508 e. The topological polar surface area (TPSA) is 220 Å². The van der Waals surface area contributed by atoms with E-state index < -0.39 is 49.6 Å². The number of benzene rings is 3. The van der Waals surface area contributed by atoms with E-state index in [4.69, 9.17) is 0 Å². The second-order valence-corrected chi connectivity index (χ2v) is 7.73. The van der Waals surface area contributed by atoms with Crippen LogP contribution < -0.4 is 10.7 Å². The number of hydrogen-bond acceptors (Lipinski definition) is 10. The van der Waals surface area contributed by atoms with Crippen LogP contribution in [0.2, 0.25) is 0 Å². The van der Waals surface area contributed by atoms with Crippen LogP contribution in [0.4, 0.5) is 17.1 Å². The Morgan fingerprint density at radius 2 is 1.39 bits per heavy atom. The van der Waals surface area contributed by atoms with E-state index in [1.54, 1.807) is 0 Å². The van der Waals surface area contributed by atoms with Crippen LogP contribution in [0.5, 0.6) is 5.75 Å². The molecule has 0 saturated carbocycles. The maximum atomic E-state index is 12.9. The summed E-state index contributed by atoms with van der Waals surface area (Å²) in [6, 6.07) is 12.1. The fourth-order valence-electron chi connectivity index (χ4n) is 3.19. The number of hydrogen-bond donors (Lipinski definition) is 3. The predicted octanol–water partition coefficient (Wildman–Crippen LogP) is 2.61. The number of nitro benzene ring substituents is 3. The molecule has 2 amide bonds. The quantitative estimate of drug-likeness (QED) is 0.202. The van der Waals surface area contributed by atoms with Crippen molar-refractivity contribution in [3.05, 3.63) is 114 Å². The Hall–Kier alpha value is -5.73. The molecule has 194 valence electrons. The average molecular weight is 522 g/mol. The minimum absolute atomic E-state index is 0.0320. The molecule has 0 fully saturated rings. The van der Waals surface area contributed by atoms with Gasteiger partial charge in [-0.3, -0.25) is 39.9 Å². The van der Waals surface area contributed by atoms with Crippen LogP contribution in [0.3, 0.4) is 0 Å². The fraction of sp³-hybridized carbons (Fsp3) is 0.0870. The zero-order valence-corrected chi connectivity index (χ0v) is 19.2. The molecule has 3 aromatic carbocycles. The highest BCUT2D eigenvalue weighted by molar-refractivity contribution is 5.98. The third-order valence-corrected chi connectivity index (χ3v) is 5.08. The largest absolute Gasteiger partial charge is 0.508 e. The molecule has 1 atom stereocenters. The van der Waals surface area contributed by atoms with E-state index in [0.717, 1.165) is 12.1 Å². The molecule has 0 aliphatic heterocycles. The van der Waals surface area contributed by atoms with E-state index in [-0.39, 0.29) is 17.9 Å². The molecule has 1 unspecified atom stereocenters. The number of nitrogens with one attached hydrogen (secondary N) is 2. The number of nitro groups is 3. The molecule has 0 bridgehead atoms. The summed E-state index contributed by atoms with van der Waals surface area (Å²) in [6.45, 7) is 0. The van der Waals surface area contributed by atoms with Gasteiger partial charge in [-0.1, -0.05) is 12.1 Å². The number of amides is 2. The van der Waals surface area contributed by atoms with Crippen molar-refractivity contribution in [2.75, 3.05) is 0 Å². The second-order valence-electron chi connectivity index (χ2n) is 7.73. The third kappa shape index (κ3) is 7.14. The van der Waals surface area contributed by atoms with E-state index >= 15 is 0 Å². The van der Waals surface area contributed by atoms with E-state index in [1.807, 2.05) is 0 Å². The van der Waals surface area contributed by atoms with Crippen molar-refractivity contribution in [1.29, 1.82) is 0 Å². The van der Waals surface area contributed by atoms with Crippen LogP contribution in [-0.2, 0) is 11.2 Å². The van der Waals surface area contributed by atoms with Gasteiger partial charge in [0.15, 0.2) is 0 Å². The Balaban J connectivity index is 1.82. The van der Waals surface area contributed by atoms with Crippen molar-refractivity contribution in [3.63, 3.8) is 0 Å². The molecule has 38 heavy (non-hydrogen) atoms. The van der Waals surface area contributed by atoms with Crippen LogP contribution in [0.1, 0.15) is 21.5 Å². The Kier molecular flexibility index (Phi) is 8.35. The second kappa shape index (κ2) is 11.8. The van der Waals surface area contributed by atoms with E-state index in [1.165, 1.54) is 54.7 Å². The van der Waals surface area contributed by atoms with Gasteiger partial charge in [0.2, 0.25) is 0 Å². The van der Waals surface area contributed by atoms with Crippen molar-refractivity contribution >= 4 is 35.1 Å². The summed E-state index contributed by atoms with van der Waals surface area (Å²) in [5.41, 5.74) is 1.27. The molecular formula is C23H18N6O9. The Labute approximate surface area is 212 Å². The SMILES string of the molecule is O=C(NC(Cc1ccc(O)cc1)C(=O)NN=Cc1ccc([N+](=O)[O-])cc1)c1cc([N+](=O)[O-])cc([N+](=O)[O-])c1. The van der Waals surface area contributed by atoms with Gasteiger partial charge in [0.1, 0.15) is 11.8 Å². The van der Waals surface area contributed by atoms with Gasteiger partial charge in [-0.15, -0.1) is 0 Å². The average Bonchev–Trinajstić information content (AvgIpc) is 2.89. The maximum Gasteiger partial charge on any atom is 0.277 e. The van der Waals surface area contributed by atoms with Gasteiger partial charge >= 0.3 is 0 Å². The summed E-state index contributed by atoms with van der Waals surface area (Å²) in [4.78, 5) is 56.4. The number of non-ortho nitro benzene ring substituents is 3. The normalized spacial score (nSPS) is 11.5. The standard InChI is InChI=1S/C23H18N6O9/c30-20-7-3-14(4-8-20)9-21(23(32)26-24-13-15-1-5-17(6-2-15)27(33)34)25-22(31)16-10-18(28(35)36)12-19(11-16)29(37)38/h1-8,10-13,21,30H,9H2,(H,25,31)(H,26,32). The fourth-order valence-corrected chi connectivity index (χ4v) is 3.19. The van der Waals surface area contributed by atoms with Crippen LogP contribution in [0.15, 0.2) is 71.8 Å². The lowest BCUT2D eigenvalue weighted by Gasteiger charge is -2.17. The lowest BCUT2D eigenvalue weighted by atomic mass is 10.0. The van der Waals surface area contributed by atoms with E-state index in [0.29, 0.717) is 17.2 Å². The molecular weight excluding hydrogens is 504 g/mol. The molecule has 0 aromatic heterocycles. The number of carbonyl (C=O) groups excluding carboxylic acids is 2. The van der Waals surface area contributed by atoms with Gasteiger partial charge < -0.3 is 10.4 Å². The molecule has 0 saturated heterocycles. The summed E-state index contributed by atoms with van der Waals surface area (Å²) < 4.78 is 0. The Morgan fingerprint density at radius 3 is 1.92 bits per heavy atom. The van der Waals surface area contributed by atoms with Gasteiger partial charge in [-0.05, 0) is 35.4 Å². The number of nitrogens with zero attached hydrogens (tertiary/aromatic N) is 4. The molecule has 0 heterocycles. The lowest BCUT2D eigenvalue weighted by Crippen LogP contribution is -2.46. The molecule has 0 spiro atoms. The van der Waals surface area contributed by atoms with Gasteiger partial charge in [-0.25, -0.2) is 5.43 Å². The molecule has 15 heteroatoms. The lowest BCUT2D eigenvalue weighted by molar-refractivity contribution is -0.394. The molecule has 0 aliphatic carbocycles. The van der Waals surface area contributed by atoms with Gasteiger partial charge in [0.05, 0.1) is 32.6 Å².